The summed E-state index contributed by atoms with van der Waals surface area (Å²) in [4.78, 5) is 0.217. The molecule has 0 unspecified atom stereocenters. The van der Waals surface area contributed by atoms with Gasteiger partial charge in [-0.25, -0.2) is 13.1 Å². The quantitative estimate of drug-likeness (QED) is 0.799. The van der Waals surface area contributed by atoms with Crippen LogP contribution in [0.25, 0.3) is 0 Å². The number of hydrogen-bond donors (Lipinski definition) is 2. The van der Waals surface area contributed by atoms with E-state index in [1.165, 1.54) is 6.07 Å². The molecule has 0 radical (unpaired) electrons. The Morgan fingerprint density at radius 3 is 2.72 bits per heavy atom. The lowest BCUT2D eigenvalue weighted by Crippen LogP contribution is -2.32. The van der Waals surface area contributed by atoms with Crippen molar-refractivity contribution in [2.24, 2.45) is 5.92 Å². The van der Waals surface area contributed by atoms with Crippen molar-refractivity contribution in [3.63, 3.8) is 0 Å². The lowest BCUT2D eigenvalue weighted by molar-refractivity contribution is 0.0678. The van der Waals surface area contributed by atoms with Crippen LogP contribution in [0.5, 0.6) is 0 Å². The number of sulfonamides is 1. The molecule has 5 nitrogen and oxygen atoms in total. The van der Waals surface area contributed by atoms with Gasteiger partial charge in [-0.3, -0.25) is 0 Å². The minimum absolute atomic E-state index is 0.217. The summed E-state index contributed by atoms with van der Waals surface area (Å²) in [6.07, 6.45) is 1.80. The standard InChI is InChI=1S/C12H18N2O3S/c13-11-2-1-3-12(8-11)18(15,16)14-9-10-4-6-17-7-5-10/h1-3,8,10,14H,4-7,9,13H2. The van der Waals surface area contributed by atoms with E-state index in [9.17, 15) is 8.42 Å². The van der Waals surface area contributed by atoms with Gasteiger partial charge in [0.15, 0.2) is 0 Å². The molecule has 1 aliphatic rings. The van der Waals surface area contributed by atoms with Crippen LogP contribution in [-0.4, -0.2) is 28.2 Å². The number of ether oxygens (including phenoxy) is 1. The molecule has 0 saturated carbocycles. The van der Waals surface area contributed by atoms with Crippen molar-refractivity contribution >= 4 is 15.7 Å². The number of anilines is 1. The van der Waals surface area contributed by atoms with Gasteiger partial charge >= 0.3 is 0 Å². The SMILES string of the molecule is Nc1cccc(S(=O)(=O)NCC2CCOCC2)c1. The Labute approximate surface area is 107 Å². The van der Waals surface area contributed by atoms with E-state index in [2.05, 4.69) is 4.72 Å². The number of nitrogens with two attached hydrogens (primary N) is 1. The topological polar surface area (TPSA) is 81.4 Å². The highest BCUT2D eigenvalue weighted by Gasteiger charge is 2.19. The van der Waals surface area contributed by atoms with Crippen LogP contribution in [0, 0.1) is 5.92 Å². The summed E-state index contributed by atoms with van der Waals surface area (Å²) in [6, 6.07) is 6.31. The van der Waals surface area contributed by atoms with Gasteiger partial charge in [0, 0.05) is 25.4 Å². The first-order valence-corrected chi connectivity index (χ1v) is 7.49. The van der Waals surface area contributed by atoms with E-state index in [1.54, 1.807) is 18.2 Å². The molecule has 2 rings (SSSR count). The van der Waals surface area contributed by atoms with Gasteiger partial charge in [0.2, 0.25) is 10.0 Å². The van der Waals surface area contributed by atoms with Crippen LogP contribution in [0.3, 0.4) is 0 Å². The van der Waals surface area contributed by atoms with Crippen molar-refractivity contribution in [3.05, 3.63) is 24.3 Å². The van der Waals surface area contributed by atoms with Crippen LogP contribution in [0.15, 0.2) is 29.2 Å². The molecule has 1 saturated heterocycles. The molecule has 0 spiro atoms. The second-order valence-corrected chi connectivity index (χ2v) is 6.25. The third-order valence-electron chi connectivity index (χ3n) is 3.07. The molecule has 1 fully saturated rings. The largest absolute Gasteiger partial charge is 0.399 e. The molecule has 1 aromatic rings. The summed E-state index contributed by atoms with van der Waals surface area (Å²) in [6.45, 7) is 1.88. The Bertz CT molecular complexity index is 496. The number of nitrogens with one attached hydrogen (secondary N) is 1. The van der Waals surface area contributed by atoms with Gasteiger partial charge in [0.1, 0.15) is 0 Å². The molecule has 100 valence electrons. The van der Waals surface area contributed by atoms with Gasteiger partial charge in [-0.05, 0) is 37.0 Å². The molecule has 0 amide bonds. The normalized spacial score (nSPS) is 17.8. The Morgan fingerprint density at radius 2 is 2.06 bits per heavy atom. The minimum atomic E-state index is -3.45. The lowest BCUT2D eigenvalue weighted by Gasteiger charge is -2.22. The summed E-state index contributed by atoms with van der Waals surface area (Å²) in [5, 5.41) is 0. The average Bonchev–Trinajstić information content (AvgIpc) is 2.38. The second kappa shape index (κ2) is 5.69. The third kappa shape index (κ3) is 3.44. The zero-order chi connectivity index (χ0) is 13.0. The zero-order valence-electron chi connectivity index (χ0n) is 10.1. The third-order valence-corrected chi connectivity index (χ3v) is 4.49. The molecule has 0 aliphatic carbocycles. The fourth-order valence-corrected chi connectivity index (χ4v) is 3.11. The number of benzene rings is 1. The monoisotopic (exact) mass is 270 g/mol. The highest BCUT2D eigenvalue weighted by Crippen LogP contribution is 2.16. The van der Waals surface area contributed by atoms with Crippen LogP contribution < -0.4 is 10.5 Å². The number of hydrogen-bond acceptors (Lipinski definition) is 4. The van der Waals surface area contributed by atoms with Crippen molar-refractivity contribution < 1.29 is 13.2 Å². The average molecular weight is 270 g/mol. The zero-order valence-corrected chi connectivity index (χ0v) is 10.9. The van der Waals surface area contributed by atoms with Gasteiger partial charge in [0.05, 0.1) is 4.90 Å². The summed E-state index contributed by atoms with van der Waals surface area (Å²) < 4.78 is 31.9. The first-order valence-electron chi connectivity index (χ1n) is 6.01. The van der Waals surface area contributed by atoms with E-state index in [4.69, 9.17) is 10.5 Å². The van der Waals surface area contributed by atoms with Gasteiger partial charge in [-0.15, -0.1) is 0 Å². The Kier molecular flexibility index (Phi) is 4.21. The summed E-state index contributed by atoms with van der Waals surface area (Å²) in [5.41, 5.74) is 6.03. The molecule has 1 aromatic carbocycles. The molecule has 0 aromatic heterocycles. The van der Waals surface area contributed by atoms with Crippen LogP contribution in [0.1, 0.15) is 12.8 Å². The maximum Gasteiger partial charge on any atom is 0.240 e. The highest BCUT2D eigenvalue weighted by atomic mass is 32.2. The molecule has 0 atom stereocenters. The molecule has 3 N–H and O–H groups in total. The summed E-state index contributed by atoms with van der Waals surface area (Å²) in [7, 11) is -3.45. The maximum atomic E-state index is 12.0. The summed E-state index contributed by atoms with van der Waals surface area (Å²) in [5.74, 6) is 0.356. The molecular formula is C12H18N2O3S. The lowest BCUT2D eigenvalue weighted by atomic mass is 10.0. The van der Waals surface area contributed by atoms with Gasteiger partial charge in [0.25, 0.3) is 0 Å². The predicted molar refractivity (Wildman–Crippen MR) is 69.6 cm³/mol. The number of rotatable bonds is 4. The van der Waals surface area contributed by atoms with Gasteiger partial charge < -0.3 is 10.5 Å². The van der Waals surface area contributed by atoms with Crippen molar-refractivity contribution in [2.45, 2.75) is 17.7 Å². The van der Waals surface area contributed by atoms with E-state index in [-0.39, 0.29) is 4.90 Å². The molecule has 18 heavy (non-hydrogen) atoms. The van der Waals surface area contributed by atoms with Gasteiger partial charge in [-0.1, -0.05) is 6.07 Å². The molecular weight excluding hydrogens is 252 g/mol. The smallest absolute Gasteiger partial charge is 0.240 e. The maximum absolute atomic E-state index is 12.0. The van der Waals surface area contributed by atoms with Crippen molar-refractivity contribution in [3.8, 4) is 0 Å². The van der Waals surface area contributed by atoms with E-state index >= 15 is 0 Å². The first-order chi connectivity index (χ1) is 8.58. The second-order valence-electron chi connectivity index (χ2n) is 4.48. The van der Waals surface area contributed by atoms with Crippen molar-refractivity contribution in [2.75, 3.05) is 25.5 Å². The van der Waals surface area contributed by atoms with E-state index in [0.29, 0.717) is 31.4 Å². The fourth-order valence-electron chi connectivity index (χ4n) is 1.94. The van der Waals surface area contributed by atoms with Crippen LogP contribution in [-0.2, 0) is 14.8 Å². The number of nitrogen functional groups attached to an aromatic ring is 1. The highest BCUT2D eigenvalue weighted by molar-refractivity contribution is 7.89. The predicted octanol–water partition coefficient (Wildman–Crippen LogP) is 0.974. The summed E-state index contributed by atoms with van der Waals surface area (Å²) >= 11 is 0. The van der Waals surface area contributed by atoms with E-state index in [1.807, 2.05) is 0 Å². The van der Waals surface area contributed by atoms with E-state index < -0.39 is 10.0 Å². The Balaban J connectivity index is 1.98. The van der Waals surface area contributed by atoms with Crippen LogP contribution >= 0.6 is 0 Å². The molecule has 0 bridgehead atoms. The molecule has 1 aliphatic heterocycles. The Morgan fingerprint density at radius 1 is 1.33 bits per heavy atom. The molecule has 6 heteroatoms. The van der Waals surface area contributed by atoms with Crippen molar-refractivity contribution in [1.29, 1.82) is 0 Å². The fraction of sp³-hybridized carbons (Fsp3) is 0.500. The molecule has 1 heterocycles. The minimum Gasteiger partial charge on any atom is -0.399 e. The Hall–Kier alpha value is -1.11. The van der Waals surface area contributed by atoms with Gasteiger partial charge in [-0.2, -0.15) is 0 Å². The van der Waals surface area contributed by atoms with E-state index in [0.717, 1.165) is 12.8 Å². The van der Waals surface area contributed by atoms with Crippen LogP contribution in [0.2, 0.25) is 0 Å². The van der Waals surface area contributed by atoms with Crippen molar-refractivity contribution in [1.82, 2.24) is 4.72 Å². The first kappa shape index (κ1) is 13.3. The van der Waals surface area contributed by atoms with Crippen LogP contribution in [0.4, 0.5) is 5.69 Å².